The fourth-order valence-corrected chi connectivity index (χ4v) is 2.10. The second-order valence-corrected chi connectivity index (χ2v) is 5.01. The molecular weight excluding hydrogens is 312 g/mol. The van der Waals surface area contributed by atoms with Crippen molar-refractivity contribution >= 4 is 18.1 Å². The summed E-state index contributed by atoms with van der Waals surface area (Å²) >= 11 is 0. The Labute approximate surface area is 137 Å². The number of carbonyl (C=O) groups is 2. The van der Waals surface area contributed by atoms with Gasteiger partial charge in [0, 0.05) is 0 Å². The molecule has 1 aliphatic heterocycles. The van der Waals surface area contributed by atoms with Gasteiger partial charge in [0.2, 0.25) is 6.10 Å². The zero-order valence-electron chi connectivity index (χ0n) is 12.5. The lowest BCUT2D eigenvalue weighted by molar-refractivity contribution is -0.255. The van der Waals surface area contributed by atoms with E-state index in [1.54, 1.807) is 30.3 Å². The number of nitrogens with one attached hydrogen (secondary N) is 1. The number of carbonyl (C=O) groups excluding carboxylic acids is 2. The van der Waals surface area contributed by atoms with E-state index in [0.29, 0.717) is 17.1 Å². The molecule has 1 amide bonds. The Morgan fingerprint density at radius 1 is 1.12 bits per heavy atom. The van der Waals surface area contributed by atoms with E-state index in [4.69, 9.17) is 9.47 Å². The third-order valence-electron chi connectivity index (χ3n) is 3.34. The van der Waals surface area contributed by atoms with E-state index in [2.05, 4.69) is 10.5 Å². The van der Waals surface area contributed by atoms with Gasteiger partial charge in [-0.1, -0.05) is 36.4 Å². The van der Waals surface area contributed by atoms with Gasteiger partial charge in [-0.3, -0.25) is 4.79 Å². The van der Waals surface area contributed by atoms with Crippen LogP contribution in [0.4, 0.5) is 0 Å². The molecule has 0 aliphatic carbocycles. The molecule has 7 heteroatoms. The van der Waals surface area contributed by atoms with Crippen LogP contribution in [0.2, 0.25) is 0 Å². The maximum absolute atomic E-state index is 12.0. The van der Waals surface area contributed by atoms with Crippen LogP contribution < -0.4 is 20.0 Å². The molecule has 1 heterocycles. The van der Waals surface area contributed by atoms with Crippen LogP contribution in [0, 0.1) is 0 Å². The van der Waals surface area contributed by atoms with Gasteiger partial charge in [-0.05, 0) is 23.3 Å². The molecule has 7 nitrogen and oxygen atoms in total. The maximum atomic E-state index is 12.0. The lowest BCUT2D eigenvalue weighted by atomic mass is 10.1. The lowest BCUT2D eigenvalue weighted by Gasteiger charge is -2.24. The molecule has 0 aromatic heterocycles. The van der Waals surface area contributed by atoms with Gasteiger partial charge in [0.25, 0.3) is 5.91 Å². The molecule has 1 aliphatic rings. The van der Waals surface area contributed by atoms with E-state index >= 15 is 0 Å². The maximum Gasteiger partial charge on any atom is 0.284 e. The summed E-state index contributed by atoms with van der Waals surface area (Å²) in [5.41, 5.74) is 3.07. The molecule has 122 valence electrons. The van der Waals surface area contributed by atoms with Crippen LogP contribution in [0.1, 0.15) is 15.9 Å². The molecule has 1 N–H and O–H groups in total. The molecule has 1 atom stereocenters. The summed E-state index contributed by atoms with van der Waals surface area (Å²) in [6.45, 7) is 0.0959. The summed E-state index contributed by atoms with van der Waals surface area (Å²) in [5.74, 6) is -0.586. The first-order chi connectivity index (χ1) is 11.6. The molecule has 0 radical (unpaired) electrons. The van der Waals surface area contributed by atoms with E-state index in [0.717, 1.165) is 0 Å². The van der Waals surface area contributed by atoms with Crippen molar-refractivity contribution in [2.45, 2.75) is 6.10 Å². The fraction of sp³-hybridized carbons (Fsp3) is 0.118. The normalized spacial score (nSPS) is 15.9. The summed E-state index contributed by atoms with van der Waals surface area (Å²) in [7, 11) is 0. The smallest absolute Gasteiger partial charge is 0.284 e. The Kier molecular flexibility index (Phi) is 4.42. The van der Waals surface area contributed by atoms with Gasteiger partial charge in [0.1, 0.15) is 6.61 Å². The summed E-state index contributed by atoms with van der Waals surface area (Å²) in [5, 5.41) is 14.5. The SMILES string of the molecule is O=C([O-])c1ccc(/C=N\NC(=O)[C@H]2COc3ccccc3O2)cc1. The Bertz CT molecular complexity index is 786. The predicted molar refractivity (Wildman–Crippen MR) is 82.9 cm³/mol. The largest absolute Gasteiger partial charge is 0.545 e. The second-order valence-electron chi connectivity index (χ2n) is 5.01. The summed E-state index contributed by atoms with van der Waals surface area (Å²) in [6, 6.07) is 13.0. The van der Waals surface area contributed by atoms with Gasteiger partial charge in [-0.15, -0.1) is 0 Å². The first-order valence-electron chi connectivity index (χ1n) is 7.16. The number of aromatic carboxylic acids is 1. The van der Waals surface area contributed by atoms with Crippen molar-refractivity contribution in [3.8, 4) is 11.5 Å². The molecule has 0 bridgehead atoms. The molecule has 3 rings (SSSR count). The highest BCUT2D eigenvalue weighted by Gasteiger charge is 2.26. The van der Waals surface area contributed by atoms with Crippen molar-refractivity contribution in [3.05, 3.63) is 59.7 Å². The molecular formula is C17H13N2O5-. The number of hydrazone groups is 1. The van der Waals surface area contributed by atoms with Crippen LogP contribution >= 0.6 is 0 Å². The predicted octanol–water partition coefficient (Wildman–Crippen LogP) is 0.340. The van der Waals surface area contributed by atoms with E-state index in [-0.39, 0.29) is 12.2 Å². The highest BCUT2D eigenvalue weighted by atomic mass is 16.6. The van der Waals surface area contributed by atoms with Gasteiger partial charge < -0.3 is 19.4 Å². The zero-order chi connectivity index (χ0) is 16.9. The Balaban J connectivity index is 1.57. The van der Waals surface area contributed by atoms with Crippen molar-refractivity contribution in [1.82, 2.24) is 5.43 Å². The third kappa shape index (κ3) is 3.52. The second kappa shape index (κ2) is 6.82. The van der Waals surface area contributed by atoms with E-state index in [1.165, 1.54) is 18.3 Å². The van der Waals surface area contributed by atoms with Gasteiger partial charge >= 0.3 is 0 Å². The minimum Gasteiger partial charge on any atom is -0.545 e. The Hall–Kier alpha value is -3.35. The molecule has 24 heavy (non-hydrogen) atoms. The molecule has 2 aromatic carbocycles. The van der Waals surface area contributed by atoms with Gasteiger partial charge in [0.15, 0.2) is 11.5 Å². The quantitative estimate of drug-likeness (QED) is 0.645. The van der Waals surface area contributed by atoms with Gasteiger partial charge in [-0.25, -0.2) is 5.43 Å². The van der Waals surface area contributed by atoms with Crippen LogP contribution in [0.5, 0.6) is 11.5 Å². The number of rotatable bonds is 4. The topological polar surface area (TPSA) is 100 Å². The number of fused-ring (bicyclic) bond motifs is 1. The van der Waals surface area contributed by atoms with Crippen LogP contribution in [0.3, 0.4) is 0 Å². The average molecular weight is 325 g/mol. The van der Waals surface area contributed by atoms with E-state index < -0.39 is 18.0 Å². The number of para-hydroxylation sites is 2. The minimum absolute atomic E-state index is 0.0719. The molecule has 0 spiro atoms. The summed E-state index contributed by atoms with van der Waals surface area (Å²) in [4.78, 5) is 22.7. The van der Waals surface area contributed by atoms with E-state index in [9.17, 15) is 14.7 Å². The van der Waals surface area contributed by atoms with Gasteiger partial charge in [0.05, 0.1) is 12.2 Å². The number of amides is 1. The van der Waals surface area contributed by atoms with Crippen LogP contribution in [0.15, 0.2) is 53.6 Å². The van der Waals surface area contributed by atoms with Crippen molar-refractivity contribution in [1.29, 1.82) is 0 Å². The molecule has 0 unspecified atom stereocenters. The zero-order valence-corrected chi connectivity index (χ0v) is 12.5. The number of ether oxygens (including phenoxy) is 2. The molecule has 2 aromatic rings. The monoisotopic (exact) mass is 325 g/mol. The van der Waals surface area contributed by atoms with Crippen molar-refractivity contribution < 1.29 is 24.2 Å². The van der Waals surface area contributed by atoms with Crippen LogP contribution in [0.25, 0.3) is 0 Å². The summed E-state index contributed by atoms with van der Waals surface area (Å²) in [6.07, 6.45) is 0.603. The van der Waals surface area contributed by atoms with Crippen molar-refractivity contribution in [2.24, 2.45) is 5.10 Å². The number of benzene rings is 2. The summed E-state index contributed by atoms with van der Waals surface area (Å²) < 4.78 is 11.0. The molecule has 0 saturated heterocycles. The average Bonchev–Trinajstić information content (AvgIpc) is 2.61. The van der Waals surface area contributed by atoms with Crippen LogP contribution in [-0.2, 0) is 4.79 Å². The molecule has 0 fully saturated rings. The number of carboxylic acid groups (broad SMARTS) is 1. The standard InChI is InChI=1S/C17H14N2O5/c20-16(15-10-23-13-3-1-2-4-14(13)24-15)19-18-9-11-5-7-12(8-6-11)17(21)22/h1-9,15H,10H2,(H,19,20)(H,21,22)/p-1/b18-9-/t15-/m1/s1. The Morgan fingerprint density at radius 3 is 2.54 bits per heavy atom. The van der Waals surface area contributed by atoms with Crippen molar-refractivity contribution in [2.75, 3.05) is 6.61 Å². The number of hydrogen-bond donors (Lipinski definition) is 1. The van der Waals surface area contributed by atoms with Crippen LogP contribution in [-0.4, -0.2) is 30.8 Å². The van der Waals surface area contributed by atoms with Gasteiger partial charge in [-0.2, -0.15) is 5.10 Å². The molecule has 0 saturated carbocycles. The number of hydrogen-bond acceptors (Lipinski definition) is 6. The first kappa shape index (κ1) is 15.5. The lowest BCUT2D eigenvalue weighted by Crippen LogP contribution is -2.42. The first-order valence-corrected chi connectivity index (χ1v) is 7.16. The number of nitrogens with zero attached hydrogens (tertiary/aromatic N) is 1. The minimum atomic E-state index is -1.25. The Morgan fingerprint density at radius 2 is 1.83 bits per heavy atom. The highest BCUT2D eigenvalue weighted by molar-refractivity contribution is 5.88. The number of carboxylic acids is 1. The van der Waals surface area contributed by atoms with Crippen molar-refractivity contribution in [3.63, 3.8) is 0 Å². The highest BCUT2D eigenvalue weighted by Crippen LogP contribution is 2.30. The third-order valence-corrected chi connectivity index (χ3v) is 3.34. The van der Waals surface area contributed by atoms with E-state index in [1.807, 2.05) is 6.07 Å². The fourth-order valence-electron chi connectivity index (χ4n) is 2.10.